The smallest absolute Gasteiger partial charge is 0.257 e. The maximum absolute atomic E-state index is 12.8. The van der Waals surface area contributed by atoms with Gasteiger partial charge in [-0.2, -0.15) is 0 Å². The Labute approximate surface area is 203 Å². The van der Waals surface area contributed by atoms with Crippen LogP contribution in [-0.4, -0.2) is 37.3 Å². The van der Waals surface area contributed by atoms with Gasteiger partial charge in [0.15, 0.2) is 10.3 Å². The summed E-state index contributed by atoms with van der Waals surface area (Å²) in [7, 11) is 1.81. The number of carbonyl (C=O) groups is 2. The van der Waals surface area contributed by atoms with Crippen LogP contribution in [0.4, 0.5) is 10.8 Å². The summed E-state index contributed by atoms with van der Waals surface area (Å²) < 4.78 is 1.74. The number of thioether (sulfide) groups is 1. The maximum atomic E-state index is 12.8. The van der Waals surface area contributed by atoms with E-state index in [1.165, 1.54) is 23.1 Å². The van der Waals surface area contributed by atoms with Crippen molar-refractivity contribution in [3.8, 4) is 11.3 Å². The minimum Gasteiger partial charge on any atom is -0.325 e. The van der Waals surface area contributed by atoms with Gasteiger partial charge in [-0.05, 0) is 37.3 Å². The van der Waals surface area contributed by atoms with E-state index in [4.69, 9.17) is 11.6 Å². The van der Waals surface area contributed by atoms with Gasteiger partial charge in [0.1, 0.15) is 6.33 Å². The zero-order valence-corrected chi connectivity index (χ0v) is 20.1. The fraction of sp³-hybridized carbons (Fsp3) is 0.136. The van der Waals surface area contributed by atoms with Gasteiger partial charge in [0.2, 0.25) is 5.91 Å². The number of hydrogen-bond acceptors (Lipinski definition) is 7. The Morgan fingerprint density at radius 2 is 1.94 bits per heavy atom. The van der Waals surface area contributed by atoms with Crippen LogP contribution in [0.1, 0.15) is 15.2 Å². The fourth-order valence-electron chi connectivity index (χ4n) is 2.96. The highest BCUT2D eigenvalue weighted by atomic mass is 35.5. The molecule has 168 valence electrons. The second-order valence-electron chi connectivity index (χ2n) is 7.03. The summed E-state index contributed by atoms with van der Waals surface area (Å²) in [5.74, 6) is -0.339. The van der Waals surface area contributed by atoms with Crippen molar-refractivity contribution < 1.29 is 9.59 Å². The molecule has 4 rings (SSSR count). The van der Waals surface area contributed by atoms with Crippen molar-refractivity contribution in [2.75, 3.05) is 16.4 Å². The van der Waals surface area contributed by atoms with Crippen LogP contribution < -0.4 is 10.6 Å². The molecule has 33 heavy (non-hydrogen) atoms. The number of nitrogens with zero attached hydrogens (tertiary/aromatic N) is 4. The van der Waals surface area contributed by atoms with Crippen LogP contribution in [0.15, 0.2) is 60.0 Å². The van der Waals surface area contributed by atoms with Crippen molar-refractivity contribution in [2.24, 2.45) is 7.05 Å². The Bertz CT molecular complexity index is 1300. The van der Waals surface area contributed by atoms with Gasteiger partial charge in [-0.3, -0.25) is 14.9 Å². The monoisotopic (exact) mass is 498 g/mol. The summed E-state index contributed by atoms with van der Waals surface area (Å²) in [5.41, 5.74) is 2.67. The second kappa shape index (κ2) is 10.2. The SMILES string of the molecule is Cc1sc(NC(=O)c2cccc(NC(=O)CSc3nncn3C)c2)nc1-c1ccc(Cl)cc1. The maximum Gasteiger partial charge on any atom is 0.257 e. The standard InChI is InChI=1S/C22H19ClN6O2S2/c1-13-19(14-6-8-16(23)9-7-14)26-21(33-13)27-20(31)15-4-3-5-17(10-15)25-18(30)11-32-22-28-24-12-29(22)2/h3-10,12H,11H2,1-2H3,(H,25,30)(H,26,27,31). The molecule has 4 aromatic rings. The number of aromatic nitrogens is 4. The molecule has 11 heteroatoms. The topological polar surface area (TPSA) is 102 Å². The lowest BCUT2D eigenvalue weighted by Gasteiger charge is -2.07. The predicted molar refractivity (Wildman–Crippen MR) is 132 cm³/mol. The van der Waals surface area contributed by atoms with Crippen molar-refractivity contribution >= 4 is 57.3 Å². The third-order valence-electron chi connectivity index (χ3n) is 4.55. The number of anilines is 2. The number of nitrogens with one attached hydrogen (secondary N) is 2. The number of amides is 2. The van der Waals surface area contributed by atoms with Crippen LogP contribution in [0.3, 0.4) is 0 Å². The number of carbonyl (C=O) groups excluding carboxylic acids is 2. The molecule has 0 spiro atoms. The van der Waals surface area contributed by atoms with Crippen molar-refractivity contribution in [3.63, 3.8) is 0 Å². The highest BCUT2D eigenvalue weighted by Gasteiger charge is 2.14. The van der Waals surface area contributed by atoms with Crippen molar-refractivity contribution in [2.45, 2.75) is 12.1 Å². The molecule has 0 bridgehead atoms. The van der Waals surface area contributed by atoms with Gasteiger partial charge in [-0.15, -0.1) is 21.5 Å². The summed E-state index contributed by atoms with van der Waals surface area (Å²) in [6, 6.07) is 14.1. The Hall–Kier alpha value is -3.21. The largest absolute Gasteiger partial charge is 0.325 e. The molecular weight excluding hydrogens is 480 g/mol. The molecule has 0 saturated carbocycles. The van der Waals surface area contributed by atoms with Gasteiger partial charge in [0, 0.05) is 33.8 Å². The molecule has 0 aliphatic heterocycles. The molecule has 2 N–H and O–H groups in total. The predicted octanol–water partition coefficient (Wildman–Crippen LogP) is 4.88. The molecule has 0 fully saturated rings. The second-order valence-corrected chi connectivity index (χ2v) is 9.61. The minimum atomic E-state index is -0.309. The zero-order valence-electron chi connectivity index (χ0n) is 17.7. The molecule has 0 aliphatic rings. The Balaban J connectivity index is 1.39. The molecule has 0 saturated heterocycles. The fourth-order valence-corrected chi connectivity index (χ4v) is 4.61. The summed E-state index contributed by atoms with van der Waals surface area (Å²) in [4.78, 5) is 30.6. The first kappa shape index (κ1) is 23.0. The van der Waals surface area contributed by atoms with Crippen molar-refractivity contribution in [1.82, 2.24) is 19.7 Å². The molecule has 0 aliphatic carbocycles. The normalized spacial score (nSPS) is 10.8. The van der Waals surface area contributed by atoms with Crippen LogP contribution in [0, 0.1) is 6.92 Å². The van der Waals surface area contributed by atoms with E-state index < -0.39 is 0 Å². The molecule has 8 nitrogen and oxygen atoms in total. The Kier molecular flexibility index (Phi) is 7.07. The van der Waals surface area contributed by atoms with E-state index in [9.17, 15) is 9.59 Å². The van der Waals surface area contributed by atoms with E-state index >= 15 is 0 Å². The molecule has 0 unspecified atom stereocenters. The average Bonchev–Trinajstić information content (AvgIpc) is 3.37. The average molecular weight is 499 g/mol. The number of benzene rings is 2. The zero-order chi connectivity index (χ0) is 23.4. The number of aryl methyl sites for hydroxylation is 2. The lowest BCUT2D eigenvalue weighted by molar-refractivity contribution is -0.113. The number of hydrogen-bond donors (Lipinski definition) is 2. The van der Waals surface area contributed by atoms with Gasteiger partial charge in [0.25, 0.3) is 5.91 Å². The van der Waals surface area contributed by atoms with Crippen molar-refractivity contribution in [1.29, 1.82) is 0 Å². The molecule has 0 atom stereocenters. The van der Waals surface area contributed by atoms with Crippen LogP contribution >= 0.6 is 34.7 Å². The number of rotatable bonds is 7. The van der Waals surface area contributed by atoms with Crippen LogP contribution in [0.2, 0.25) is 5.02 Å². The van der Waals surface area contributed by atoms with E-state index in [2.05, 4.69) is 25.8 Å². The Morgan fingerprint density at radius 3 is 2.67 bits per heavy atom. The van der Waals surface area contributed by atoms with E-state index in [0.717, 1.165) is 16.1 Å². The lowest BCUT2D eigenvalue weighted by Crippen LogP contribution is -2.16. The molecule has 2 aromatic heterocycles. The molecule has 0 radical (unpaired) electrons. The summed E-state index contributed by atoms with van der Waals surface area (Å²) in [6.45, 7) is 1.95. The van der Waals surface area contributed by atoms with Gasteiger partial charge in [-0.1, -0.05) is 41.6 Å². The van der Waals surface area contributed by atoms with Crippen molar-refractivity contribution in [3.05, 3.63) is 70.3 Å². The summed E-state index contributed by atoms with van der Waals surface area (Å²) in [6.07, 6.45) is 1.57. The first-order chi connectivity index (χ1) is 15.9. The van der Waals surface area contributed by atoms with E-state index in [0.29, 0.717) is 26.6 Å². The summed E-state index contributed by atoms with van der Waals surface area (Å²) in [5, 5.41) is 15.2. The van der Waals surface area contributed by atoms with Gasteiger partial charge >= 0.3 is 0 Å². The third-order valence-corrected chi connectivity index (χ3v) is 6.72. The van der Waals surface area contributed by atoms with E-state index in [1.54, 1.807) is 47.3 Å². The first-order valence-electron chi connectivity index (χ1n) is 9.80. The highest BCUT2D eigenvalue weighted by molar-refractivity contribution is 7.99. The lowest BCUT2D eigenvalue weighted by atomic mass is 10.1. The van der Waals surface area contributed by atoms with Crippen LogP contribution in [0.5, 0.6) is 0 Å². The highest BCUT2D eigenvalue weighted by Crippen LogP contribution is 2.31. The molecule has 2 heterocycles. The van der Waals surface area contributed by atoms with Gasteiger partial charge in [-0.25, -0.2) is 4.98 Å². The molecule has 2 aromatic carbocycles. The Morgan fingerprint density at radius 1 is 1.15 bits per heavy atom. The van der Waals surface area contributed by atoms with Crippen LogP contribution in [0.25, 0.3) is 11.3 Å². The summed E-state index contributed by atoms with van der Waals surface area (Å²) >= 11 is 8.64. The van der Waals surface area contributed by atoms with E-state index in [-0.39, 0.29) is 17.6 Å². The quantitative estimate of drug-likeness (QED) is 0.352. The van der Waals surface area contributed by atoms with Gasteiger partial charge < -0.3 is 9.88 Å². The van der Waals surface area contributed by atoms with Crippen LogP contribution in [-0.2, 0) is 11.8 Å². The molecular formula is C22H19ClN6O2S2. The van der Waals surface area contributed by atoms with Gasteiger partial charge in [0.05, 0.1) is 11.4 Å². The third kappa shape index (κ3) is 5.78. The molecule has 2 amide bonds. The number of thiazole rings is 1. The number of halogens is 1. The van der Waals surface area contributed by atoms with E-state index in [1.807, 2.05) is 26.1 Å². The first-order valence-corrected chi connectivity index (χ1v) is 12.0. The minimum absolute atomic E-state index is 0.175.